The lowest BCUT2D eigenvalue weighted by Gasteiger charge is -2.09. The Bertz CT molecular complexity index is 547. The molecule has 0 unspecified atom stereocenters. The summed E-state index contributed by atoms with van der Waals surface area (Å²) >= 11 is 0. The van der Waals surface area contributed by atoms with E-state index in [4.69, 9.17) is 0 Å². The molecule has 1 rings (SSSR count). The highest BCUT2D eigenvalue weighted by atomic mass is 32.2. The van der Waals surface area contributed by atoms with E-state index in [-0.39, 0.29) is 12.2 Å². The molecule has 0 bridgehead atoms. The van der Waals surface area contributed by atoms with Crippen LogP contribution in [0.4, 0.5) is 13.2 Å². The fraction of sp³-hybridized carbons (Fsp3) is 0.364. The summed E-state index contributed by atoms with van der Waals surface area (Å²) in [5.41, 5.74) is -1.02. The third-order valence-electron chi connectivity index (χ3n) is 2.24. The molecule has 0 amide bonds. The molecule has 3 nitrogen and oxygen atoms in total. The third kappa shape index (κ3) is 3.83. The molecule has 0 aliphatic heterocycles. The van der Waals surface area contributed by atoms with Crippen LogP contribution in [-0.4, -0.2) is 20.0 Å². The summed E-state index contributed by atoms with van der Waals surface area (Å²) in [7, 11) is -3.86. The number of alkyl halides is 3. The first kappa shape index (κ1) is 14.7. The highest BCUT2D eigenvalue weighted by Gasteiger charge is 2.31. The zero-order valence-corrected chi connectivity index (χ0v) is 10.3. The number of carbonyl (C=O) groups excluding carboxylic acids is 1. The average Bonchev–Trinajstić information content (AvgIpc) is 2.26. The van der Waals surface area contributed by atoms with E-state index in [2.05, 4.69) is 0 Å². The SMILES string of the molecule is CC(=O)CCS(=O)(=O)c1cccc(C(F)(F)F)c1. The highest BCUT2D eigenvalue weighted by molar-refractivity contribution is 7.91. The summed E-state index contributed by atoms with van der Waals surface area (Å²) < 4.78 is 60.7. The largest absolute Gasteiger partial charge is 0.416 e. The van der Waals surface area contributed by atoms with Crippen molar-refractivity contribution in [2.24, 2.45) is 0 Å². The van der Waals surface area contributed by atoms with E-state index < -0.39 is 32.2 Å². The van der Waals surface area contributed by atoms with Gasteiger partial charge in [0.1, 0.15) is 5.78 Å². The van der Waals surface area contributed by atoms with Gasteiger partial charge in [-0.15, -0.1) is 0 Å². The molecule has 100 valence electrons. The summed E-state index contributed by atoms with van der Waals surface area (Å²) in [4.78, 5) is 10.3. The average molecular weight is 280 g/mol. The normalized spacial score (nSPS) is 12.4. The maximum atomic E-state index is 12.4. The predicted molar refractivity (Wildman–Crippen MR) is 58.8 cm³/mol. The van der Waals surface area contributed by atoms with Crippen LogP contribution in [0.5, 0.6) is 0 Å². The van der Waals surface area contributed by atoms with Gasteiger partial charge >= 0.3 is 6.18 Å². The van der Waals surface area contributed by atoms with Crippen molar-refractivity contribution in [3.63, 3.8) is 0 Å². The van der Waals surface area contributed by atoms with Gasteiger partial charge in [-0.1, -0.05) is 6.07 Å². The number of hydrogen-bond donors (Lipinski definition) is 0. The summed E-state index contributed by atoms with van der Waals surface area (Å²) in [6.07, 6.45) is -4.80. The van der Waals surface area contributed by atoms with Crippen molar-refractivity contribution in [3.8, 4) is 0 Å². The fourth-order valence-electron chi connectivity index (χ4n) is 1.26. The monoisotopic (exact) mass is 280 g/mol. The Labute approximate surface area is 103 Å². The lowest BCUT2D eigenvalue weighted by Crippen LogP contribution is -2.12. The van der Waals surface area contributed by atoms with Gasteiger partial charge in [0.05, 0.1) is 16.2 Å². The van der Waals surface area contributed by atoms with Gasteiger partial charge in [-0.3, -0.25) is 4.79 Å². The van der Waals surface area contributed by atoms with Crippen molar-refractivity contribution < 1.29 is 26.4 Å². The van der Waals surface area contributed by atoms with Crippen LogP contribution < -0.4 is 0 Å². The molecule has 1 aromatic carbocycles. The number of ketones is 1. The van der Waals surface area contributed by atoms with Gasteiger partial charge in [0.2, 0.25) is 0 Å². The molecule has 0 saturated carbocycles. The van der Waals surface area contributed by atoms with Crippen molar-refractivity contribution in [1.82, 2.24) is 0 Å². The van der Waals surface area contributed by atoms with Crippen LogP contribution in [0.2, 0.25) is 0 Å². The van der Waals surface area contributed by atoms with Gasteiger partial charge in [-0.05, 0) is 25.1 Å². The van der Waals surface area contributed by atoms with Gasteiger partial charge in [-0.25, -0.2) is 8.42 Å². The molecule has 0 spiro atoms. The van der Waals surface area contributed by atoms with E-state index in [1.807, 2.05) is 0 Å². The number of carbonyl (C=O) groups is 1. The van der Waals surface area contributed by atoms with E-state index in [1.54, 1.807) is 0 Å². The van der Waals surface area contributed by atoms with Crippen LogP contribution >= 0.6 is 0 Å². The Hall–Kier alpha value is -1.37. The molecule has 7 heteroatoms. The molecule has 0 heterocycles. The van der Waals surface area contributed by atoms with Crippen LogP contribution in [0, 0.1) is 0 Å². The van der Waals surface area contributed by atoms with Gasteiger partial charge < -0.3 is 0 Å². The van der Waals surface area contributed by atoms with E-state index in [0.29, 0.717) is 6.07 Å². The first-order valence-electron chi connectivity index (χ1n) is 5.02. The van der Waals surface area contributed by atoms with Gasteiger partial charge in [0, 0.05) is 6.42 Å². The van der Waals surface area contributed by atoms with E-state index in [0.717, 1.165) is 18.2 Å². The van der Waals surface area contributed by atoms with Crippen molar-refractivity contribution in [1.29, 1.82) is 0 Å². The molecule has 18 heavy (non-hydrogen) atoms. The molecule has 0 aromatic heterocycles. The first-order valence-corrected chi connectivity index (χ1v) is 6.67. The molecule has 0 radical (unpaired) electrons. The smallest absolute Gasteiger partial charge is 0.300 e. The summed E-state index contributed by atoms with van der Waals surface area (Å²) in [6.45, 7) is 1.22. The van der Waals surface area contributed by atoms with E-state index in [1.165, 1.54) is 6.92 Å². The summed E-state index contributed by atoms with van der Waals surface area (Å²) in [5.74, 6) is -0.811. The van der Waals surface area contributed by atoms with Crippen LogP contribution in [-0.2, 0) is 20.8 Å². The minimum Gasteiger partial charge on any atom is -0.300 e. The molecule has 1 aromatic rings. The minimum atomic E-state index is -4.59. The molecule has 0 fully saturated rings. The predicted octanol–water partition coefficient (Wildman–Crippen LogP) is 2.46. The zero-order chi connectivity index (χ0) is 14.0. The zero-order valence-electron chi connectivity index (χ0n) is 9.49. The standard InChI is InChI=1S/C11H11F3O3S/c1-8(15)5-6-18(16,17)10-4-2-3-9(7-10)11(12,13)14/h2-4,7H,5-6H2,1H3. The molecule has 0 N–H and O–H groups in total. The molecule has 0 atom stereocenters. The Morgan fingerprint density at radius 3 is 2.39 bits per heavy atom. The molecule has 0 saturated heterocycles. The van der Waals surface area contributed by atoms with Gasteiger partial charge in [-0.2, -0.15) is 13.2 Å². The topological polar surface area (TPSA) is 51.2 Å². The minimum absolute atomic E-state index is 0.210. The number of halogens is 3. The summed E-state index contributed by atoms with van der Waals surface area (Å²) in [5, 5.41) is 0. The molecular formula is C11H11F3O3S. The second-order valence-electron chi connectivity index (χ2n) is 3.80. The second kappa shape index (κ2) is 5.09. The number of sulfone groups is 1. The number of rotatable bonds is 4. The van der Waals surface area contributed by atoms with Crippen LogP contribution in [0.3, 0.4) is 0 Å². The Balaban J connectivity index is 3.07. The maximum absolute atomic E-state index is 12.4. The van der Waals surface area contributed by atoms with Crippen LogP contribution in [0.15, 0.2) is 29.2 Å². The lowest BCUT2D eigenvalue weighted by atomic mass is 10.2. The van der Waals surface area contributed by atoms with Crippen molar-refractivity contribution >= 4 is 15.6 Å². The maximum Gasteiger partial charge on any atom is 0.416 e. The van der Waals surface area contributed by atoms with Gasteiger partial charge in [0.25, 0.3) is 0 Å². The van der Waals surface area contributed by atoms with Crippen molar-refractivity contribution in [2.75, 3.05) is 5.75 Å². The third-order valence-corrected chi connectivity index (χ3v) is 3.96. The molecular weight excluding hydrogens is 269 g/mol. The van der Waals surface area contributed by atoms with Crippen molar-refractivity contribution in [3.05, 3.63) is 29.8 Å². The van der Waals surface area contributed by atoms with Gasteiger partial charge in [0.15, 0.2) is 9.84 Å². The van der Waals surface area contributed by atoms with Crippen LogP contribution in [0.25, 0.3) is 0 Å². The quantitative estimate of drug-likeness (QED) is 0.851. The number of hydrogen-bond acceptors (Lipinski definition) is 3. The van der Waals surface area contributed by atoms with E-state index >= 15 is 0 Å². The Morgan fingerprint density at radius 2 is 1.89 bits per heavy atom. The molecule has 0 aliphatic carbocycles. The fourth-order valence-corrected chi connectivity index (χ4v) is 2.65. The lowest BCUT2D eigenvalue weighted by molar-refractivity contribution is -0.137. The first-order chi connectivity index (χ1) is 8.13. The Morgan fingerprint density at radius 1 is 1.28 bits per heavy atom. The van der Waals surface area contributed by atoms with E-state index in [9.17, 15) is 26.4 Å². The Kier molecular flexibility index (Phi) is 4.16. The number of benzene rings is 1. The highest BCUT2D eigenvalue weighted by Crippen LogP contribution is 2.30. The van der Waals surface area contributed by atoms with Crippen LogP contribution in [0.1, 0.15) is 18.9 Å². The number of Topliss-reactive ketones (excluding diaryl/α,β-unsaturated/α-hetero) is 1. The second-order valence-corrected chi connectivity index (χ2v) is 5.91. The summed E-state index contributed by atoms with van der Waals surface area (Å²) in [6, 6.07) is 3.49. The molecule has 0 aliphatic rings. The van der Waals surface area contributed by atoms with Crippen molar-refractivity contribution in [2.45, 2.75) is 24.4 Å².